The maximum absolute atomic E-state index is 13.2. The lowest BCUT2D eigenvalue weighted by Gasteiger charge is -2.30. The number of furan rings is 1. The van der Waals surface area contributed by atoms with Gasteiger partial charge in [0, 0.05) is 31.3 Å². The highest BCUT2D eigenvalue weighted by molar-refractivity contribution is 6.08. The number of nitrogens with one attached hydrogen (secondary N) is 2. The second kappa shape index (κ2) is 8.23. The van der Waals surface area contributed by atoms with Crippen LogP contribution in [0.1, 0.15) is 34.5 Å². The van der Waals surface area contributed by atoms with E-state index in [0.29, 0.717) is 48.3 Å². The minimum absolute atomic E-state index is 0.114. The van der Waals surface area contributed by atoms with Crippen molar-refractivity contribution in [2.45, 2.75) is 31.0 Å². The molecule has 0 saturated carbocycles. The molecule has 0 radical (unpaired) electrons. The third-order valence-corrected chi connectivity index (χ3v) is 7.13. The largest absolute Gasteiger partial charge is 0.497 e. The average Bonchev–Trinajstić information content (AvgIpc) is 3.53. The zero-order valence-electron chi connectivity index (χ0n) is 19.6. The summed E-state index contributed by atoms with van der Waals surface area (Å²) in [5, 5.41) is 14.8. The minimum atomic E-state index is -1.60. The molecule has 0 aliphatic carbocycles. The topological polar surface area (TPSA) is 137 Å². The van der Waals surface area contributed by atoms with Crippen LogP contribution in [0.15, 0.2) is 40.8 Å². The van der Waals surface area contributed by atoms with Gasteiger partial charge in [-0.3, -0.25) is 14.9 Å². The smallest absolute Gasteiger partial charge is 0.322 e. The molecule has 2 saturated heterocycles. The van der Waals surface area contributed by atoms with E-state index in [9.17, 15) is 19.5 Å². The first-order valence-corrected chi connectivity index (χ1v) is 11.8. The number of carbonyl (C=O) groups is 3. The van der Waals surface area contributed by atoms with E-state index in [2.05, 4.69) is 15.5 Å². The van der Waals surface area contributed by atoms with Crippen molar-refractivity contribution in [3.8, 4) is 5.75 Å². The van der Waals surface area contributed by atoms with Gasteiger partial charge in [0.05, 0.1) is 19.8 Å². The third-order valence-electron chi connectivity index (χ3n) is 7.13. The van der Waals surface area contributed by atoms with E-state index >= 15 is 0 Å². The van der Waals surface area contributed by atoms with Gasteiger partial charge in [0.1, 0.15) is 22.8 Å². The SMILES string of the molecule is COc1ccc2c(c1)C(=O)N(C[C@@]1(c3cc4nc(N5CCC(O)CC5)ccc4o3)NC(=O)NC1=O)C2. The van der Waals surface area contributed by atoms with Crippen LogP contribution in [0, 0.1) is 0 Å². The number of urea groups is 1. The Labute approximate surface area is 206 Å². The Morgan fingerprint density at radius 3 is 2.69 bits per heavy atom. The molecule has 11 nitrogen and oxygen atoms in total. The molecule has 36 heavy (non-hydrogen) atoms. The van der Waals surface area contributed by atoms with Gasteiger partial charge >= 0.3 is 6.03 Å². The predicted octanol–water partition coefficient (Wildman–Crippen LogP) is 1.49. The number of ether oxygens (including phenoxy) is 1. The lowest BCUT2D eigenvalue weighted by molar-refractivity contribution is -0.125. The molecule has 4 amide bonds. The number of aromatic nitrogens is 1. The van der Waals surface area contributed by atoms with Gasteiger partial charge in [-0.25, -0.2) is 9.78 Å². The Kier molecular flexibility index (Phi) is 5.11. The van der Waals surface area contributed by atoms with Crippen LogP contribution in [0.5, 0.6) is 5.75 Å². The Morgan fingerprint density at radius 2 is 1.97 bits per heavy atom. The normalized spacial score (nSPS) is 22.2. The highest BCUT2D eigenvalue weighted by Crippen LogP contribution is 2.35. The summed E-state index contributed by atoms with van der Waals surface area (Å²) in [5.41, 5.74) is 0.692. The number of hydrogen-bond donors (Lipinski definition) is 3. The van der Waals surface area contributed by atoms with Gasteiger partial charge < -0.3 is 29.4 Å². The molecule has 1 aromatic carbocycles. The summed E-state index contributed by atoms with van der Waals surface area (Å²) in [6.07, 6.45) is 1.04. The fraction of sp³-hybridized carbons (Fsp3) is 0.360. The van der Waals surface area contributed by atoms with Crippen LogP contribution in [-0.4, -0.2) is 65.7 Å². The van der Waals surface area contributed by atoms with E-state index < -0.39 is 17.5 Å². The number of rotatable bonds is 5. The summed E-state index contributed by atoms with van der Waals surface area (Å²) in [5.74, 6) is 0.642. The van der Waals surface area contributed by atoms with Gasteiger partial charge in [-0.15, -0.1) is 0 Å². The lowest BCUT2D eigenvalue weighted by Crippen LogP contribution is -2.52. The Hall–Kier alpha value is -4.12. The number of pyridine rings is 1. The number of aliphatic hydroxyl groups is 1. The van der Waals surface area contributed by atoms with Crippen molar-refractivity contribution >= 4 is 34.8 Å². The van der Waals surface area contributed by atoms with Gasteiger partial charge in [0.15, 0.2) is 11.1 Å². The summed E-state index contributed by atoms with van der Waals surface area (Å²) in [7, 11) is 1.53. The number of fused-ring (bicyclic) bond motifs is 2. The van der Waals surface area contributed by atoms with Crippen LogP contribution in [0.3, 0.4) is 0 Å². The second-order valence-corrected chi connectivity index (χ2v) is 9.38. The Bertz CT molecular complexity index is 1390. The highest BCUT2D eigenvalue weighted by atomic mass is 16.5. The quantitative estimate of drug-likeness (QED) is 0.457. The summed E-state index contributed by atoms with van der Waals surface area (Å²) >= 11 is 0. The van der Waals surface area contributed by atoms with Gasteiger partial charge in [-0.1, -0.05) is 6.07 Å². The van der Waals surface area contributed by atoms with Gasteiger partial charge in [-0.05, 0) is 42.7 Å². The summed E-state index contributed by atoms with van der Waals surface area (Å²) in [6, 6.07) is 9.86. The number of methoxy groups -OCH3 is 1. The molecule has 3 aliphatic heterocycles. The molecule has 2 aromatic heterocycles. The molecule has 186 valence electrons. The summed E-state index contributed by atoms with van der Waals surface area (Å²) in [6.45, 7) is 1.55. The molecule has 0 bridgehead atoms. The van der Waals surface area contributed by atoms with Crippen molar-refractivity contribution < 1.29 is 28.6 Å². The fourth-order valence-corrected chi connectivity index (χ4v) is 5.13. The van der Waals surface area contributed by atoms with Crippen LogP contribution < -0.4 is 20.3 Å². The van der Waals surface area contributed by atoms with Crippen molar-refractivity contribution in [2.75, 3.05) is 31.6 Å². The van der Waals surface area contributed by atoms with E-state index in [1.807, 2.05) is 12.1 Å². The molecule has 0 unspecified atom stereocenters. The Morgan fingerprint density at radius 1 is 1.17 bits per heavy atom. The van der Waals surface area contributed by atoms with Gasteiger partial charge in [0.2, 0.25) is 0 Å². The van der Waals surface area contributed by atoms with Crippen molar-refractivity contribution in [1.82, 2.24) is 20.5 Å². The maximum Gasteiger partial charge on any atom is 0.322 e. The number of amides is 4. The van der Waals surface area contributed by atoms with Crippen molar-refractivity contribution in [2.24, 2.45) is 0 Å². The highest BCUT2D eigenvalue weighted by Gasteiger charge is 2.53. The van der Waals surface area contributed by atoms with E-state index in [-0.39, 0.29) is 30.9 Å². The average molecular weight is 492 g/mol. The first-order valence-electron chi connectivity index (χ1n) is 11.8. The van der Waals surface area contributed by atoms with Crippen LogP contribution in [-0.2, 0) is 16.9 Å². The molecule has 5 heterocycles. The monoisotopic (exact) mass is 491 g/mol. The maximum atomic E-state index is 13.2. The molecule has 0 spiro atoms. The lowest BCUT2D eigenvalue weighted by atomic mass is 9.95. The number of aliphatic hydroxyl groups excluding tert-OH is 1. The standard InChI is InChI=1S/C25H25N5O6/c1-35-16-3-2-14-12-30(22(32)17(14)10-16)13-25(23(33)27-24(34)28-25)20-11-18-19(36-20)4-5-21(26-18)29-8-6-15(31)7-9-29/h2-5,10-11,15,31H,6-9,12-13H2,1H3,(H2,27,28,33,34)/t25-/m0/s1. The molecule has 3 aliphatic rings. The van der Waals surface area contributed by atoms with E-state index in [1.54, 1.807) is 24.3 Å². The van der Waals surface area contributed by atoms with E-state index in [0.717, 1.165) is 11.4 Å². The van der Waals surface area contributed by atoms with E-state index in [1.165, 1.54) is 12.0 Å². The van der Waals surface area contributed by atoms with Crippen LogP contribution in [0.2, 0.25) is 0 Å². The zero-order chi connectivity index (χ0) is 25.0. The van der Waals surface area contributed by atoms with Crippen molar-refractivity contribution in [3.05, 3.63) is 53.3 Å². The summed E-state index contributed by atoms with van der Waals surface area (Å²) < 4.78 is 11.3. The number of carbonyl (C=O) groups excluding carboxylic acids is 3. The first kappa shape index (κ1) is 22.4. The molecule has 3 N–H and O–H groups in total. The van der Waals surface area contributed by atoms with E-state index in [4.69, 9.17) is 14.1 Å². The fourth-order valence-electron chi connectivity index (χ4n) is 5.13. The number of piperidine rings is 1. The molecule has 3 aromatic rings. The molecular weight excluding hydrogens is 466 g/mol. The first-order chi connectivity index (χ1) is 17.4. The predicted molar refractivity (Wildman–Crippen MR) is 128 cm³/mol. The zero-order valence-corrected chi connectivity index (χ0v) is 19.6. The molecule has 6 rings (SSSR count). The second-order valence-electron chi connectivity index (χ2n) is 9.38. The number of nitrogens with zero attached hydrogens (tertiary/aromatic N) is 3. The van der Waals surface area contributed by atoms with Crippen LogP contribution in [0.25, 0.3) is 11.1 Å². The number of benzene rings is 1. The molecule has 11 heteroatoms. The third kappa shape index (κ3) is 3.54. The Balaban J connectivity index is 1.33. The van der Waals surface area contributed by atoms with Crippen molar-refractivity contribution in [1.29, 1.82) is 0 Å². The van der Waals surface area contributed by atoms with Crippen LogP contribution in [0.4, 0.5) is 10.6 Å². The molecule has 1 atom stereocenters. The van der Waals surface area contributed by atoms with Gasteiger partial charge in [-0.2, -0.15) is 0 Å². The molecule has 2 fully saturated rings. The number of anilines is 1. The summed E-state index contributed by atoms with van der Waals surface area (Å²) in [4.78, 5) is 46.9. The minimum Gasteiger partial charge on any atom is -0.497 e. The number of hydrogen-bond acceptors (Lipinski definition) is 8. The van der Waals surface area contributed by atoms with Crippen LogP contribution >= 0.6 is 0 Å². The molecular formula is C25H25N5O6. The number of imide groups is 1. The van der Waals surface area contributed by atoms with Gasteiger partial charge in [0.25, 0.3) is 11.8 Å². The van der Waals surface area contributed by atoms with Crippen molar-refractivity contribution in [3.63, 3.8) is 0 Å².